The van der Waals surface area contributed by atoms with E-state index in [4.69, 9.17) is 20.5 Å². The van der Waals surface area contributed by atoms with Crippen molar-refractivity contribution in [3.8, 4) is 11.5 Å². The minimum Gasteiger partial charge on any atom is -0.493 e. The molecule has 3 aromatic rings. The van der Waals surface area contributed by atoms with E-state index < -0.39 is 16.0 Å². The van der Waals surface area contributed by atoms with Crippen molar-refractivity contribution in [1.29, 1.82) is 0 Å². The summed E-state index contributed by atoms with van der Waals surface area (Å²) in [6.07, 6.45) is 1.27. The van der Waals surface area contributed by atoms with E-state index in [2.05, 4.69) is 10.5 Å². The largest absolute Gasteiger partial charge is 0.493 e. The lowest BCUT2D eigenvalue weighted by Crippen LogP contribution is -2.17. The molecule has 7 nitrogen and oxygen atoms in total. The summed E-state index contributed by atoms with van der Waals surface area (Å²) >= 11 is 5.89. The molecule has 31 heavy (non-hydrogen) atoms. The second kappa shape index (κ2) is 9.63. The first-order chi connectivity index (χ1) is 14.8. The molecule has 0 aliphatic rings. The van der Waals surface area contributed by atoms with Crippen LogP contribution in [-0.2, 0) is 10.1 Å². The summed E-state index contributed by atoms with van der Waals surface area (Å²) in [4.78, 5) is 12.2. The molecule has 0 aliphatic carbocycles. The van der Waals surface area contributed by atoms with Crippen LogP contribution in [0.1, 0.15) is 21.5 Å². The molecule has 160 valence electrons. The van der Waals surface area contributed by atoms with Gasteiger partial charge in [0.1, 0.15) is 4.90 Å². The Labute approximate surface area is 185 Å². The molecule has 0 saturated heterocycles. The number of carbonyl (C=O) groups excluding carboxylic acids is 1. The zero-order valence-electron chi connectivity index (χ0n) is 16.7. The highest BCUT2D eigenvalue weighted by atomic mass is 35.5. The van der Waals surface area contributed by atoms with E-state index in [1.807, 2.05) is 6.92 Å². The van der Waals surface area contributed by atoms with Crippen molar-refractivity contribution in [1.82, 2.24) is 5.43 Å². The minimum atomic E-state index is -4.12. The Morgan fingerprint density at radius 2 is 1.77 bits per heavy atom. The fourth-order valence-electron chi connectivity index (χ4n) is 2.60. The van der Waals surface area contributed by atoms with Crippen molar-refractivity contribution in [3.05, 3.63) is 88.4 Å². The Morgan fingerprint density at radius 1 is 1.06 bits per heavy atom. The molecule has 0 atom stereocenters. The number of hydrogen-bond donors (Lipinski definition) is 1. The summed E-state index contributed by atoms with van der Waals surface area (Å²) in [5.41, 5.74) is 3.90. The van der Waals surface area contributed by atoms with Crippen LogP contribution >= 0.6 is 11.6 Å². The SMILES string of the molecule is COc1cccc(C=NNC(=O)c2cccc(Cl)c2)c1OS(=O)(=O)c1ccc(C)cc1. The van der Waals surface area contributed by atoms with Crippen molar-refractivity contribution in [2.75, 3.05) is 7.11 Å². The number of para-hydroxylation sites is 1. The van der Waals surface area contributed by atoms with Gasteiger partial charge in [0.05, 0.1) is 13.3 Å². The Hall–Kier alpha value is -3.36. The summed E-state index contributed by atoms with van der Waals surface area (Å²) in [5, 5.41) is 4.32. The van der Waals surface area contributed by atoms with Crippen LogP contribution in [0.2, 0.25) is 5.02 Å². The van der Waals surface area contributed by atoms with Gasteiger partial charge in [-0.1, -0.05) is 41.4 Å². The number of nitrogens with one attached hydrogen (secondary N) is 1. The lowest BCUT2D eigenvalue weighted by molar-refractivity contribution is 0.0955. The Morgan fingerprint density at radius 3 is 2.45 bits per heavy atom. The number of aryl methyl sites for hydroxylation is 1. The van der Waals surface area contributed by atoms with Crippen LogP contribution in [0.25, 0.3) is 0 Å². The predicted molar refractivity (Wildman–Crippen MR) is 118 cm³/mol. The van der Waals surface area contributed by atoms with Crippen molar-refractivity contribution < 1.29 is 22.1 Å². The zero-order valence-corrected chi connectivity index (χ0v) is 18.3. The van der Waals surface area contributed by atoms with Gasteiger partial charge in [0, 0.05) is 16.1 Å². The van der Waals surface area contributed by atoms with Crippen molar-refractivity contribution in [2.24, 2.45) is 5.10 Å². The molecule has 0 aliphatic heterocycles. The molecule has 3 rings (SSSR count). The number of ether oxygens (including phenoxy) is 1. The average Bonchev–Trinajstić information content (AvgIpc) is 2.74. The monoisotopic (exact) mass is 458 g/mol. The van der Waals surface area contributed by atoms with E-state index in [1.54, 1.807) is 48.5 Å². The van der Waals surface area contributed by atoms with Gasteiger partial charge in [-0.25, -0.2) is 5.43 Å². The number of halogens is 1. The van der Waals surface area contributed by atoms with E-state index in [9.17, 15) is 13.2 Å². The van der Waals surface area contributed by atoms with Crippen LogP contribution in [0, 0.1) is 6.92 Å². The molecular weight excluding hydrogens is 440 g/mol. The number of carbonyl (C=O) groups is 1. The standard InChI is InChI=1S/C22H19ClN2O5S/c1-15-9-11-19(12-10-15)31(27,28)30-21-17(6-4-8-20(21)29-2)14-24-25-22(26)16-5-3-7-18(23)13-16/h3-14H,1-2H3,(H,25,26). The fourth-order valence-corrected chi connectivity index (χ4v) is 3.76. The first-order valence-corrected chi connectivity index (χ1v) is 10.9. The van der Waals surface area contributed by atoms with Crippen LogP contribution in [0.3, 0.4) is 0 Å². The fraction of sp³-hybridized carbons (Fsp3) is 0.0909. The molecule has 0 spiro atoms. The predicted octanol–water partition coefficient (Wildman–Crippen LogP) is 4.19. The Kier molecular flexibility index (Phi) is 6.94. The number of rotatable bonds is 7. The maximum Gasteiger partial charge on any atom is 0.339 e. The minimum absolute atomic E-state index is 0.00107. The molecule has 1 amide bonds. The quantitative estimate of drug-likeness (QED) is 0.325. The lowest BCUT2D eigenvalue weighted by Gasteiger charge is -2.13. The lowest BCUT2D eigenvalue weighted by atomic mass is 10.2. The molecule has 0 radical (unpaired) electrons. The molecule has 0 aromatic heterocycles. The molecule has 0 saturated carbocycles. The topological polar surface area (TPSA) is 94.1 Å². The second-order valence-corrected chi connectivity index (χ2v) is 8.42. The number of amides is 1. The summed E-state index contributed by atoms with van der Waals surface area (Å²) in [7, 11) is -2.73. The Bertz CT molecular complexity index is 1220. The van der Waals surface area contributed by atoms with Gasteiger partial charge in [-0.2, -0.15) is 13.5 Å². The zero-order chi connectivity index (χ0) is 22.4. The smallest absolute Gasteiger partial charge is 0.339 e. The highest BCUT2D eigenvalue weighted by molar-refractivity contribution is 7.87. The molecule has 3 aromatic carbocycles. The van der Waals surface area contributed by atoms with Crippen LogP contribution < -0.4 is 14.3 Å². The van der Waals surface area contributed by atoms with Gasteiger partial charge in [0.25, 0.3) is 5.91 Å². The summed E-state index contributed by atoms with van der Waals surface area (Å²) < 4.78 is 36.1. The summed E-state index contributed by atoms with van der Waals surface area (Å²) in [5.74, 6) is -0.330. The van der Waals surface area contributed by atoms with E-state index in [-0.39, 0.29) is 16.4 Å². The molecule has 0 fully saturated rings. The molecule has 0 unspecified atom stereocenters. The molecule has 1 N–H and O–H groups in total. The van der Waals surface area contributed by atoms with Gasteiger partial charge in [0.15, 0.2) is 11.5 Å². The second-order valence-electron chi connectivity index (χ2n) is 6.44. The van der Waals surface area contributed by atoms with Crippen LogP contribution in [0.5, 0.6) is 11.5 Å². The van der Waals surface area contributed by atoms with E-state index in [1.165, 1.54) is 31.5 Å². The normalized spacial score (nSPS) is 11.3. The number of hydrogen-bond acceptors (Lipinski definition) is 6. The van der Waals surface area contributed by atoms with Gasteiger partial charge in [-0.05, 0) is 49.4 Å². The van der Waals surface area contributed by atoms with Crippen molar-refractivity contribution in [3.63, 3.8) is 0 Å². The van der Waals surface area contributed by atoms with Crippen LogP contribution in [0.4, 0.5) is 0 Å². The van der Waals surface area contributed by atoms with Gasteiger partial charge >= 0.3 is 10.1 Å². The van der Waals surface area contributed by atoms with Crippen LogP contribution in [0.15, 0.2) is 76.7 Å². The van der Waals surface area contributed by atoms with E-state index in [0.29, 0.717) is 16.1 Å². The van der Waals surface area contributed by atoms with Crippen LogP contribution in [-0.4, -0.2) is 27.6 Å². The molecule has 0 heterocycles. The third-order valence-electron chi connectivity index (χ3n) is 4.19. The van der Waals surface area contributed by atoms with E-state index >= 15 is 0 Å². The van der Waals surface area contributed by atoms with Crippen molar-refractivity contribution in [2.45, 2.75) is 11.8 Å². The number of benzene rings is 3. The average molecular weight is 459 g/mol. The summed E-state index contributed by atoms with van der Waals surface area (Å²) in [6.45, 7) is 1.85. The van der Waals surface area contributed by atoms with E-state index in [0.717, 1.165) is 5.56 Å². The maximum atomic E-state index is 12.7. The molecule has 9 heteroatoms. The molecule has 0 bridgehead atoms. The number of hydrazone groups is 1. The van der Waals surface area contributed by atoms with Gasteiger partial charge < -0.3 is 8.92 Å². The first kappa shape index (κ1) is 22.3. The third kappa shape index (κ3) is 5.62. The number of nitrogens with zero attached hydrogens (tertiary/aromatic N) is 1. The first-order valence-electron chi connectivity index (χ1n) is 9.07. The van der Waals surface area contributed by atoms with Gasteiger partial charge in [-0.15, -0.1) is 0 Å². The maximum absolute atomic E-state index is 12.7. The Balaban J connectivity index is 1.85. The van der Waals surface area contributed by atoms with Crippen molar-refractivity contribution >= 4 is 33.8 Å². The highest BCUT2D eigenvalue weighted by Crippen LogP contribution is 2.32. The highest BCUT2D eigenvalue weighted by Gasteiger charge is 2.21. The van der Waals surface area contributed by atoms with Gasteiger partial charge in [-0.3, -0.25) is 4.79 Å². The van der Waals surface area contributed by atoms with Gasteiger partial charge in [0.2, 0.25) is 0 Å². The third-order valence-corrected chi connectivity index (χ3v) is 5.66. The summed E-state index contributed by atoms with van der Waals surface area (Å²) in [6, 6.07) is 17.4. The number of methoxy groups -OCH3 is 1. The molecular formula is C22H19ClN2O5S.